The molecule has 0 saturated carbocycles. The van der Waals surface area contributed by atoms with E-state index >= 15 is 0 Å². The Morgan fingerprint density at radius 3 is 2.35 bits per heavy atom. The second kappa shape index (κ2) is 11.0. The van der Waals surface area contributed by atoms with Crippen LogP contribution >= 0.6 is 22.9 Å². The highest BCUT2D eigenvalue weighted by Gasteiger charge is 2.44. The van der Waals surface area contributed by atoms with Crippen molar-refractivity contribution in [2.24, 2.45) is 11.8 Å². The van der Waals surface area contributed by atoms with Crippen LogP contribution in [0.25, 0.3) is 11.1 Å². The van der Waals surface area contributed by atoms with Gasteiger partial charge in [0.1, 0.15) is 6.04 Å². The van der Waals surface area contributed by atoms with Gasteiger partial charge in [-0.25, -0.2) is 0 Å². The summed E-state index contributed by atoms with van der Waals surface area (Å²) in [7, 11) is 0. The highest BCUT2D eigenvalue weighted by atomic mass is 35.5. The maximum Gasteiger partial charge on any atom is 0.263 e. The van der Waals surface area contributed by atoms with E-state index in [0.717, 1.165) is 60.7 Å². The number of fused-ring (bicyclic) bond motifs is 3. The molecule has 0 aliphatic carbocycles. The zero-order chi connectivity index (χ0) is 29.8. The van der Waals surface area contributed by atoms with Crippen molar-refractivity contribution in [2.45, 2.75) is 31.8 Å². The highest BCUT2D eigenvalue weighted by molar-refractivity contribution is 7.17. The van der Waals surface area contributed by atoms with Crippen LogP contribution in [0.1, 0.15) is 55.2 Å². The lowest BCUT2D eigenvalue weighted by Crippen LogP contribution is -2.54. The number of nitrogens with zero attached hydrogens (tertiary/aromatic N) is 3. The van der Waals surface area contributed by atoms with Crippen molar-refractivity contribution in [3.63, 3.8) is 0 Å². The Labute approximate surface area is 257 Å². The van der Waals surface area contributed by atoms with Gasteiger partial charge in [0.05, 0.1) is 20.3 Å². The molecule has 9 nitrogen and oxygen atoms in total. The Kier molecular flexibility index (Phi) is 7.15. The number of carbonyl (C=O) groups excluding carboxylic acids is 5. The third kappa shape index (κ3) is 5.28. The molecule has 43 heavy (non-hydrogen) atoms. The topological polar surface area (TPSA) is 107 Å². The second-order valence-corrected chi connectivity index (χ2v) is 13.6. The van der Waals surface area contributed by atoms with Crippen molar-refractivity contribution in [1.29, 1.82) is 0 Å². The molecule has 5 heterocycles. The molecule has 3 saturated heterocycles. The Morgan fingerprint density at radius 2 is 1.63 bits per heavy atom. The first-order chi connectivity index (χ1) is 20.7. The van der Waals surface area contributed by atoms with E-state index in [1.54, 1.807) is 18.2 Å². The number of piperidine rings is 3. The summed E-state index contributed by atoms with van der Waals surface area (Å²) < 4.78 is 0.628. The van der Waals surface area contributed by atoms with Crippen LogP contribution in [0.15, 0.2) is 54.6 Å². The smallest absolute Gasteiger partial charge is 0.263 e. The molecule has 3 fully saturated rings. The lowest BCUT2D eigenvalue weighted by atomic mass is 9.84. The van der Waals surface area contributed by atoms with Crippen molar-refractivity contribution >= 4 is 52.5 Å². The van der Waals surface area contributed by atoms with Crippen LogP contribution in [-0.4, -0.2) is 76.5 Å². The summed E-state index contributed by atoms with van der Waals surface area (Å²) in [6.45, 7) is 4.11. The molecule has 4 aliphatic rings. The molecule has 5 amide bonds. The monoisotopic (exact) mass is 616 g/mol. The zero-order valence-corrected chi connectivity index (χ0v) is 24.8. The van der Waals surface area contributed by atoms with E-state index in [4.69, 9.17) is 11.6 Å². The van der Waals surface area contributed by atoms with Gasteiger partial charge < -0.3 is 4.90 Å². The van der Waals surface area contributed by atoms with E-state index in [2.05, 4.69) is 22.3 Å². The number of hydrogen-bond acceptors (Lipinski definition) is 7. The average Bonchev–Trinajstić information content (AvgIpc) is 3.52. The lowest BCUT2D eigenvalue weighted by Gasteiger charge is -2.45. The standard InChI is InChI=1S/C32H29ClN4O5S/c33-27-8-7-26(43-27)32(42)36-16-19-10-20(17-36)15-35(14-19)13-18-2-1-3-21(11-18)22-4-5-23-24(12-22)31(41)37(30(23)40)25-6-9-28(38)34-29(25)39/h1-5,7-8,11-12,19-20,25H,6,9-10,13-17H2,(H,34,38,39). The van der Waals surface area contributed by atoms with Crippen LogP contribution < -0.4 is 5.32 Å². The summed E-state index contributed by atoms with van der Waals surface area (Å²) in [5.74, 6) is -1.13. The minimum atomic E-state index is -0.986. The van der Waals surface area contributed by atoms with Gasteiger partial charge in [0.15, 0.2) is 0 Å². The van der Waals surface area contributed by atoms with Crippen molar-refractivity contribution in [1.82, 2.24) is 20.0 Å². The number of imide groups is 2. The van der Waals surface area contributed by atoms with Gasteiger partial charge in [-0.05, 0) is 71.7 Å². The molecular formula is C32H29ClN4O5S. The maximum absolute atomic E-state index is 13.3. The van der Waals surface area contributed by atoms with Crippen molar-refractivity contribution in [3.05, 3.63) is 80.5 Å². The van der Waals surface area contributed by atoms with E-state index in [0.29, 0.717) is 21.0 Å². The fourth-order valence-electron chi connectivity index (χ4n) is 7.03. The van der Waals surface area contributed by atoms with Gasteiger partial charge in [-0.15, -0.1) is 11.3 Å². The Bertz CT molecular complexity index is 1670. The average molecular weight is 617 g/mol. The summed E-state index contributed by atoms with van der Waals surface area (Å²) in [5.41, 5.74) is 3.43. The molecule has 220 valence electrons. The third-order valence-electron chi connectivity index (χ3n) is 8.83. The normalized spacial score (nSPS) is 23.9. The first-order valence-corrected chi connectivity index (χ1v) is 15.6. The molecular weight excluding hydrogens is 588 g/mol. The van der Waals surface area contributed by atoms with E-state index in [9.17, 15) is 24.0 Å². The van der Waals surface area contributed by atoms with Gasteiger partial charge in [-0.2, -0.15) is 0 Å². The quantitative estimate of drug-likeness (QED) is 0.433. The summed E-state index contributed by atoms with van der Waals surface area (Å²) >= 11 is 7.39. The number of nitrogens with one attached hydrogen (secondary N) is 1. The van der Waals surface area contributed by atoms with Crippen LogP contribution in [0.3, 0.4) is 0 Å². The molecule has 1 N–H and O–H groups in total. The minimum Gasteiger partial charge on any atom is -0.337 e. The Hall–Kier alpha value is -3.86. The molecule has 2 bridgehead atoms. The summed E-state index contributed by atoms with van der Waals surface area (Å²) in [4.78, 5) is 69.5. The molecule has 3 aromatic rings. The SMILES string of the molecule is O=C1CCC(N2C(=O)c3ccc(-c4cccc(CN5CC6CC(C5)CN(C(=O)c5ccc(Cl)s5)C6)c4)cc3C2=O)C(=O)N1. The molecule has 0 radical (unpaired) electrons. The number of likely N-dealkylation sites (tertiary alicyclic amines) is 2. The summed E-state index contributed by atoms with van der Waals surface area (Å²) in [5, 5.41) is 2.23. The van der Waals surface area contributed by atoms with E-state index in [-0.39, 0.29) is 29.9 Å². The summed E-state index contributed by atoms with van der Waals surface area (Å²) in [6, 6.07) is 16.0. The molecule has 3 atom stereocenters. The fraction of sp³-hybridized carbons (Fsp3) is 0.344. The van der Waals surface area contributed by atoms with E-state index in [1.807, 2.05) is 29.2 Å². The van der Waals surface area contributed by atoms with Crippen molar-refractivity contribution < 1.29 is 24.0 Å². The molecule has 4 aliphatic heterocycles. The van der Waals surface area contributed by atoms with Gasteiger partial charge in [0.2, 0.25) is 11.8 Å². The number of rotatable bonds is 5. The number of hydrogen-bond donors (Lipinski definition) is 1. The lowest BCUT2D eigenvalue weighted by molar-refractivity contribution is -0.136. The van der Waals surface area contributed by atoms with Gasteiger partial charge in [0.25, 0.3) is 17.7 Å². The first-order valence-electron chi connectivity index (χ1n) is 14.5. The van der Waals surface area contributed by atoms with Crippen molar-refractivity contribution in [2.75, 3.05) is 26.2 Å². The van der Waals surface area contributed by atoms with Gasteiger partial charge in [0, 0.05) is 39.1 Å². The van der Waals surface area contributed by atoms with Crippen LogP contribution in [0, 0.1) is 11.8 Å². The Balaban J connectivity index is 1.04. The van der Waals surface area contributed by atoms with E-state index < -0.39 is 29.7 Å². The number of benzene rings is 2. The van der Waals surface area contributed by atoms with Crippen LogP contribution in [0.5, 0.6) is 0 Å². The van der Waals surface area contributed by atoms with E-state index in [1.165, 1.54) is 11.3 Å². The van der Waals surface area contributed by atoms with Crippen LogP contribution in [-0.2, 0) is 16.1 Å². The number of halogens is 1. The molecule has 2 aromatic carbocycles. The maximum atomic E-state index is 13.3. The van der Waals surface area contributed by atoms with Crippen molar-refractivity contribution in [3.8, 4) is 11.1 Å². The minimum absolute atomic E-state index is 0.0718. The number of carbonyl (C=O) groups is 5. The molecule has 3 unspecified atom stereocenters. The molecule has 0 spiro atoms. The number of amides is 5. The molecule has 11 heteroatoms. The van der Waals surface area contributed by atoms with Crippen LogP contribution in [0.2, 0.25) is 4.34 Å². The second-order valence-electron chi connectivity index (χ2n) is 11.9. The van der Waals surface area contributed by atoms with Crippen LogP contribution in [0.4, 0.5) is 0 Å². The predicted octanol–water partition coefficient (Wildman–Crippen LogP) is 4.06. The number of thiophene rings is 1. The van der Waals surface area contributed by atoms with Gasteiger partial charge >= 0.3 is 0 Å². The fourth-order valence-corrected chi connectivity index (χ4v) is 8.04. The van der Waals surface area contributed by atoms with Gasteiger partial charge in [-0.1, -0.05) is 35.9 Å². The summed E-state index contributed by atoms with van der Waals surface area (Å²) in [6.07, 6.45) is 1.34. The molecule has 1 aromatic heterocycles. The zero-order valence-electron chi connectivity index (χ0n) is 23.3. The largest absolute Gasteiger partial charge is 0.337 e. The molecule has 7 rings (SSSR count). The Morgan fingerprint density at radius 1 is 0.884 bits per heavy atom. The first kappa shape index (κ1) is 27.9. The predicted molar refractivity (Wildman–Crippen MR) is 161 cm³/mol. The third-order valence-corrected chi connectivity index (χ3v) is 10.1. The highest BCUT2D eigenvalue weighted by Crippen LogP contribution is 2.34. The van der Waals surface area contributed by atoms with Gasteiger partial charge in [-0.3, -0.25) is 39.1 Å².